The molecule has 1 aromatic rings. The third-order valence-electron chi connectivity index (χ3n) is 3.18. The van der Waals surface area contributed by atoms with Gasteiger partial charge in [-0.05, 0) is 37.0 Å². The minimum atomic E-state index is -0.416. The van der Waals surface area contributed by atoms with Gasteiger partial charge < -0.3 is 10.1 Å². The zero-order valence-corrected chi connectivity index (χ0v) is 11.5. The Labute approximate surface area is 123 Å². The molecule has 0 bridgehead atoms. The molecule has 0 heterocycles. The molecule has 0 spiro atoms. The molecule has 21 heavy (non-hydrogen) atoms. The second-order valence-corrected chi connectivity index (χ2v) is 4.87. The van der Waals surface area contributed by atoms with Crippen molar-refractivity contribution in [2.24, 2.45) is 5.92 Å². The molecule has 1 aliphatic carbocycles. The summed E-state index contributed by atoms with van der Waals surface area (Å²) in [7, 11) is 0. The van der Waals surface area contributed by atoms with E-state index in [1.54, 1.807) is 24.3 Å². The first-order valence-corrected chi connectivity index (χ1v) is 6.79. The molecule has 5 heteroatoms. The lowest BCUT2D eigenvalue weighted by Gasteiger charge is -2.09. The van der Waals surface area contributed by atoms with Crippen LogP contribution in [0.4, 0.5) is 5.69 Å². The van der Waals surface area contributed by atoms with Gasteiger partial charge in [-0.25, -0.2) is 0 Å². The third kappa shape index (κ3) is 4.77. The van der Waals surface area contributed by atoms with Crippen molar-refractivity contribution < 1.29 is 14.3 Å². The predicted molar refractivity (Wildman–Crippen MR) is 77.2 cm³/mol. The van der Waals surface area contributed by atoms with Crippen LogP contribution in [0.5, 0.6) is 0 Å². The minimum Gasteiger partial charge on any atom is -0.456 e. The van der Waals surface area contributed by atoms with Crippen molar-refractivity contribution in [3.63, 3.8) is 0 Å². The molecule has 0 saturated carbocycles. The molecule has 5 nitrogen and oxygen atoms in total. The van der Waals surface area contributed by atoms with Gasteiger partial charge in [0, 0.05) is 5.69 Å². The van der Waals surface area contributed by atoms with Crippen LogP contribution in [0.2, 0.25) is 0 Å². The number of carbonyl (C=O) groups is 2. The Hall–Kier alpha value is -2.61. The predicted octanol–water partition coefficient (Wildman–Crippen LogP) is 2.40. The van der Waals surface area contributed by atoms with Crippen LogP contribution in [0.25, 0.3) is 0 Å². The van der Waals surface area contributed by atoms with Gasteiger partial charge in [-0.2, -0.15) is 5.26 Å². The van der Waals surface area contributed by atoms with E-state index in [9.17, 15) is 9.59 Å². The lowest BCUT2D eigenvalue weighted by molar-refractivity contribution is -0.147. The Bertz CT molecular complexity index is 602. The van der Waals surface area contributed by atoms with Gasteiger partial charge in [0.05, 0.1) is 18.1 Å². The normalized spacial score (nSPS) is 16.2. The van der Waals surface area contributed by atoms with E-state index in [0.717, 1.165) is 12.8 Å². The van der Waals surface area contributed by atoms with Crippen molar-refractivity contribution in [3.8, 4) is 6.07 Å². The Morgan fingerprint density at radius 2 is 2.29 bits per heavy atom. The van der Waals surface area contributed by atoms with Crippen LogP contribution in [-0.4, -0.2) is 18.5 Å². The number of amides is 1. The van der Waals surface area contributed by atoms with E-state index in [0.29, 0.717) is 17.7 Å². The van der Waals surface area contributed by atoms with Gasteiger partial charge in [0.25, 0.3) is 5.91 Å². The van der Waals surface area contributed by atoms with E-state index >= 15 is 0 Å². The van der Waals surface area contributed by atoms with Gasteiger partial charge >= 0.3 is 5.97 Å². The van der Waals surface area contributed by atoms with Crippen molar-refractivity contribution >= 4 is 17.6 Å². The van der Waals surface area contributed by atoms with Crippen molar-refractivity contribution in [1.82, 2.24) is 0 Å². The average Bonchev–Trinajstić information content (AvgIpc) is 2.98. The minimum absolute atomic E-state index is 0.230. The standard InChI is InChI=1S/C16H16N2O3/c17-10-13-6-3-7-14(8-13)18-15(19)11-21-16(20)9-12-4-1-2-5-12/h1,3-4,6-8,12H,2,5,9,11H2,(H,18,19)/t12-/m0/s1. The summed E-state index contributed by atoms with van der Waals surface area (Å²) in [4.78, 5) is 23.2. The highest BCUT2D eigenvalue weighted by molar-refractivity contribution is 5.92. The van der Waals surface area contributed by atoms with Crippen molar-refractivity contribution in [2.45, 2.75) is 19.3 Å². The molecule has 1 aliphatic rings. The van der Waals surface area contributed by atoms with Gasteiger partial charge in [0.15, 0.2) is 6.61 Å². The molecule has 0 fully saturated rings. The number of esters is 1. The number of ether oxygens (including phenoxy) is 1. The lowest BCUT2D eigenvalue weighted by Crippen LogP contribution is -2.21. The van der Waals surface area contributed by atoms with E-state index in [1.165, 1.54) is 0 Å². The average molecular weight is 284 g/mol. The molecule has 0 unspecified atom stereocenters. The summed E-state index contributed by atoms with van der Waals surface area (Å²) in [5.74, 6) is -0.555. The first-order chi connectivity index (χ1) is 10.2. The number of hydrogen-bond acceptors (Lipinski definition) is 4. The summed E-state index contributed by atoms with van der Waals surface area (Å²) in [6, 6.07) is 8.53. The van der Waals surface area contributed by atoms with Crippen LogP contribution in [0.15, 0.2) is 36.4 Å². The highest BCUT2D eigenvalue weighted by Crippen LogP contribution is 2.20. The van der Waals surface area contributed by atoms with Gasteiger partial charge in [-0.15, -0.1) is 0 Å². The van der Waals surface area contributed by atoms with Gasteiger partial charge in [0.2, 0.25) is 0 Å². The van der Waals surface area contributed by atoms with E-state index in [1.807, 2.05) is 18.2 Å². The highest BCUT2D eigenvalue weighted by atomic mass is 16.5. The first kappa shape index (κ1) is 14.8. The summed E-state index contributed by atoms with van der Waals surface area (Å²) < 4.78 is 4.94. The largest absolute Gasteiger partial charge is 0.456 e. The molecule has 0 radical (unpaired) electrons. The molecule has 0 saturated heterocycles. The van der Waals surface area contributed by atoms with Crippen LogP contribution >= 0.6 is 0 Å². The number of allylic oxidation sites excluding steroid dienone is 2. The van der Waals surface area contributed by atoms with Crippen molar-refractivity contribution in [3.05, 3.63) is 42.0 Å². The third-order valence-corrected chi connectivity index (χ3v) is 3.18. The molecule has 0 aromatic heterocycles. The Balaban J connectivity index is 1.75. The van der Waals surface area contributed by atoms with Crippen LogP contribution < -0.4 is 5.32 Å². The molecule has 2 rings (SSSR count). The smallest absolute Gasteiger partial charge is 0.306 e. The zero-order valence-electron chi connectivity index (χ0n) is 11.5. The first-order valence-electron chi connectivity index (χ1n) is 6.79. The Kier molecular flexibility index (Phi) is 5.10. The number of nitriles is 1. The number of nitrogens with one attached hydrogen (secondary N) is 1. The van der Waals surface area contributed by atoms with E-state index in [2.05, 4.69) is 5.32 Å². The topological polar surface area (TPSA) is 79.2 Å². The van der Waals surface area contributed by atoms with Gasteiger partial charge in [0.1, 0.15) is 0 Å². The van der Waals surface area contributed by atoms with Crippen LogP contribution in [-0.2, 0) is 14.3 Å². The molecule has 1 atom stereocenters. The maximum absolute atomic E-state index is 11.7. The van der Waals surface area contributed by atoms with E-state index in [-0.39, 0.29) is 18.5 Å². The second-order valence-electron chi connectivity index (χ2n) is 4.87. The van der Waals surface area contributed by atoms with E-state index < -0.39 is 5.91 Å². The maximum atomic E-state index is 11.7. The molecule has 1 N–H and O–H groups in total. The molecule has 1 aromatic carbocycles. The number of anilines is 1. The second kappa shape index (κ2) is 7.25. The van der Waals surface area contributed by atoms with E-state index in [4.69, 9.17) is 10.00 Å². The molecule has 0 aliphatic heterocycles. The quantitative estimate of drug-likeness (QED) is 0.665. The summed E-state index contributed by atoms with van der Waals surface area (Å²) in [5.41, 5.74) is 0.964. The SMILES string of the molecule is N#Cc1cccc(NC(=O)COC(=O)C[C@H]2C=CCC2)c1. The highest BCUT2D eigenvalue weighted by Gasteiger charge is 2.16. The van der Waals surface area contributed by atoms with Crippen molar-refractivity contribution in [2.75, 3.05) is 11.9 Å². The number of carbonyl (C=O) groups excluding carboxylic acids is 2. The zero-order chi connectivity index (χ0) is 15.1. The number of nitrogens with zero attached hydrogens (tertiary/aromatic N) is 1. The summed E-state index contributed by atoms with van der Waals surface area (Å²) in [6.07, 6.45) is 6.32. The van der Waals surface area contributed by atoms with Crippen molar-refractivity contribution in [1.29, 1.82) is 5.26 Å². The fourth-order valence-corrected chi connectivity index (χ4v) is 2.15. The van der Waals surface area contributed by atoms with Crippen LogP contribution in [0.1, 0.15) is 24.8 Å². The number of benzene rings is 1. The maximum Gasteiger partial charge on any atom is 0.306 e. The fourth-order valence-electron chi connectivity index (χ4n) is 2.15. The molecular formula is C16H16N2O3. The Morgan fingerprint density at radius 3 is 3.00 bits per heavy atom. The number of rotatable bonds is 5. The number of hydrogen-bond donors (Lipinski definition) is 1. The lowest BCUT2D eigenvalue weighted by atomic mass is 10.1. The molecule has 1 amide bonds. The molecular weight excluding hydrogens is 268 g/mol. The van der Waals surface area contributed by atoms with Crippen LogP contribution in [0, 0.1) is 17.2 Å². The van der Waals surface area contributed by atoms with Gasteiger partial charge in [-0.3, -0.25) is 9.59 Å². The summed E-state index contributed by atoms with van der Waals surface area (Å²) in [6.45, 7) is -0.313. The monoisotopic (exact) mass is 284 g/mol. The fraction of sp³-hybridized carbons (Fsp3) is 0.312. The Morgan fingerprint density at radius 1 is 1.43 bits per heavy atom. The molecule has 108 valence electrons. The van der Waals surface area contributed by atoms with Gasteiger partial charge in [-0.1, -0.05) is 18.2 Å². The summed E-state index contributed by atoms with van der Waals surface area (Å²) in [5, 5.41) is 11.4. The summed E-state index contributed by atoms with van der Waals surface area (Å²) >= 11 is 0. The van der Waals surface area contributed by atoms with Crippen LogP contribution in [0.3, 0.4) is 0 Å².